The minimum absolute atomic E-state index is 0.00666. The lowest BCUT2D eigenvalue weighted by molar-refractivity contribution is -0.173. The number of hydrogen-bond acceptors (Lipinski definition) is 18. The third-order valence-corrected chi connectivity index (χ3v) is 8.44. The highest BCUT2D eigenvalue weighted by Gasteiger charge is 2.48. The Morgan fingerprint density at radius 3 is 2.23 bits per heavy atom. The van der Waals surface area contributed by atoms with E-state index in [1.807, 2.05) is 0 Å². The van der Waals surface area contributed by atoms with Crippen LogP contribution in [0.5, 0.6) is 0 Å². The SMILES string of the molecule is [2H]C([2H])(C(=O)O)C([2H])([2H])C(=O)O[C@H]1C(O)O[C@H](COP(=O)(O)OP(=O)(O)OC[C@H]2O[C@@H](n3cnc4c(N)ncnc43)[C@H](O)[C@@H]2O)[C@H]1O. The Morgan fingerprint density at radius 1 is 0.977 bits per heavy atom. The van der Waals surface area contributed by atoms with Crippen LogP contribution in [0.25, 0.3) is 11.2 Å². The van der Waals surface area contributed by atoms with Crippen LogP contribution >= 0.6 is 15.6 Å². The molecule has 2 aromatic heterocycles. The van der Waals surface area contributed by atoms with E-state index >= 15 is 0 Å². The highest BCUT2D eigenvalue weighted by Crippen LogP contribution is 2.60. The number of phosphoric ester groups is 2. The zero-order valence-corrected chi connectivity index (χ0v) is 23.0. The van der Waals surface area contributed by atoms with E-state index in [0.29, 0.717) is 0 Å². The van der Waals surface area contributed by atoms with Crippen molar-refractivity contribution in [2.45, 2.75) is 61.9 Å². The molecule has 0 spiro atoms. The molecule has 0 bridgehead atoms. The maximum absolute atomic E-state index is 12.4. The van der Waals surface area contributed by atoms with Crippen LogP contribution in [0.1, 0.15) is 24.5 Å². The Morgan fingerprint density at radius 2 is 1.60 bits per heavy atom. The third-order valence-electron chi connectivity index (χ3n) is 5.84. The maximum atomic E-state index is 12.4. The Hall–Kier alpha value is -2.69. The molecule has 2 saturated heterocycles. The van der Waals surface area contributed by atoms with Crippen LogP contribution in [0.15, 0.2) is 12.7 Å². The van der Waals surface area contributed by atoms with Crippen molar-refractivity contribution in [3.8, 4) is 0 Å². The molecule has 22 nitrogen and oxygen atoms in total. The van der Waals surface area contributed by atoms with Crippen molar-refractivity contribution >= 4 is 44.6 Å². The molecular formula is C19H27N5O17P2. The van der Waals surface area contributed by atoms with Gasteiger partial charge < -0.3 is 55.3 Å². The molecule has 2 aromatic rings. The fourth-order valence-corrected chi connectivity index (χ4v) is 6.00. The first kappa shape index (κ1) is 27.8. The van der Waals surface area contributed by atoms with Gasteiger partial charge in [0.15, 0.2) is 30.1 Å². The van der Waals surface area contributed by atoms with Gasteiger partial charge in [-0.15, -0.1) is 0 Å². The zero-order chi connectivity index (χ0) is 35.3. The minimum atomic E-state index is -5.58. The number of aliphatic carboxylic acids is 1. The first-order chi connectivity index (χ1) is 21.6. The number of aliphatic hydroxyl groups is 4. The second kappa shape index (κ2) is 13.1. The lowest BCUT2D eigenvalue weighted by atomic mass is 10.1. The highest BCUT2D eigenvalue weighted by molar-refractivity contribution is 7.61. The quantitative estimate of drug-likeness (QED) is 0.0788. The number of carbonyl (C=O) groups is 2. The van der Waals surface area contributed by atoms with Gasteiger partial charge in [-0.25, -0.2) is 24.1 Å². The lowest BCUT2D eigenvalue weighted by Gasteiger charge is -2.21. The first-order valence-electron chi connectivity index (χ1n) is 13.7. The second-order valence-corrected chi connectivity index (χ2v) is 11.8. The summed E-state index contributed by atoms with van der Waals surface area (Å²) in [4.78, 5) is 54.7. The molecule has 0 amide bonds. The molecule has 3 unspecified atom stereocenters. The molecule has 2 aliphatic rings. The van der Waals surface area contributed by atoms with Crippen LogP contribution < -0.4 is 5.73 Å². The molecule has 0 aliphatic carbocycles. The van der Waals surface area contributed by atoms with E-state index in [0.717, 1.165) is 6.33 Å². The lowest BCUT2D eigenvalue weighted by Crippen LogP contribution is -2.38. The predicted molar refractivity (Wildman–Crippen MR) is 132 cm³/mol. The number of carboxylic acid groups (broad SMARTS) is 1. The van der Waals surface area contributed by atoms with Crippen LogP contribution in [0.2, 0.25) is 0 Å². The number of fused-ring (bicyclic) bond motifs is 1. The number of ether oxygens (including phenoxy) is 3. The zero-order valence-electron chi connectivity index (χ0n) is 25.2. The third kappa shape index (κ3) is 7.88. The number of nitrogen functional groups attached to an aromatic ring is 1. The molecular weight excluding hydrogens is 632 g/mol. The normalized spacial score (nSPS) is 34.0. The number of carbonyl (C=O) groups excluding carboxylic acids is 1. The largest absolute Gasteiger partial charge is 0.481 e. The van der Waals surface area contributed by atoms with Crippen molar-refractivity contribution in [3.63, 3.8) is 0 Å². The van der Waals surface area contributed by atoms with Crippen molar-refractivity contribution in [1.82, 2.24) is 19.5 Å². The predicted octanol–water partition coefficient (Wildman–Crippen LogP) is -2.87. The van der Waals surface area contributed by atoms with Gasteiger partial charge in [0.2, 0.25) is 0 Å². The summed E-state index contributed by atoms with van der Waals surface area (Å²) >= 11 is 0. The molecule has 2 aliphatic heterocycles. The molecule has 4 rings (SSSR count). The summed E-state index contributed by atoms with van der Waals surface area (Å²) in [5.41, 5.74) is 5.98. The van der Waals surface area contributed by atoms with Gasteiger partial charge in [0.05, 0.1) is 32.3 Å². The Kier molecular flexibility index (Phi) is 8.49. The maximum Gasteiger partial charge on any atom is 0.481 e. The van der Waals surface area contributed by atoms with Gasteiger partial charge in [0.1, 0.15) is 42.4 Å². The molecule has 2 fully saturated rings. The smallest absolute Gasteiger partial charge is 0.481 e. The number of nitrogens with zero attached hydrogens (tertiary/aromatic N) is 4. The Bertz CT molecular complexity index is 1600. The van der Waals surface area contributed by atoms with Crippen molar-refractivity contribution in [2.75, 3.05) is 18.9 Å². The van der Waals surface area contributed by atoms with Gasteiger partial charge in [0.25, 0.3) is 0 Å². The number of imidazole rings is 1. The fraction of sp³-hybridized carbons (Fsp3) is 0.632. The number of carboxylic acids is 1. The number of esters is 1. The van der Waals surface area contributed by atoms with Crippen LogP contribution in [0, 0.1) is 0 Å². The summed E-state index contributed by atoms with van der Waals surface area (Å²) in [7, 11) is -11.1. The number of hydrogen-bond donors (Lipinski definition) is 8. The second-order valence-electron chi connectivity index (χ2n) is 8.72. The molecule has 0 saturated carbocycles. The van der Waals surface area contributed by atoms with Gasteiger partial charge >= 0.3 is 27.6 Å². The van der Waals surface area contributed by atoms with E-state index in [1.54, 1.807) is 0 Å². The Balaban J connectivity index is 1.31. The average molecular weight is 663 g/mol. The molecule has 0 aromatic carbocycles. The fourth-order valence-electron chi connectivity index (χ4n) is 3.91. The van der Waals surface area contributed by atoms with Gasteiger partial charge in [-0.05, 0) is 0 Å². The van der Waals surface area contributed by atoms with Crippen molar-refractivity contribution in [3.05, 3.63) is 12.7 Å². The number of rotatable bonds is 13. The Labute approximate surface area is 245 Å². The van der Waals surface area contributed by atoms with E-state index in [9.17, 15) is 48.9 Å². The van der Waals surface area contributed by atoms with Gasteiger partial charge in [-0.2, -0.15) is 4.31 Å². The molecule has 0 radical (unpaired) electrons. The highest BCUT2D eigenvalue weighted by atomic mass is 31.3. The molecule has 24 heteroatoms. The molecule has 43 heavy (non-hydrogen) atoms. The number of nitrogens with two attached hydrogens (primary N) is 1. The van der Waals surface area contributed by atoms with Crippen LogP contribution in [0.4, 0.5) is 5.82 Å². The van der Waals surface area contributed by atoms with E-state index in [-0.39, 0.29) is 17.0 Å². The number of aliphatic hydroxyl groups excluding tert-OH is 4. The molecule has 9 N–H and O–H groups in total. The number of anilines is 1. The van der Waals surface area contributed by atoms with Crippen molar-refractivity contribution in [1.29, 1.82) is 0 Å². The van der Waals surface area contributed by atoms with E-state index < -0.39 is 103 Å². The minimum Gasteiger partial charge on any atom is -0.481 e. The standard InChI is InChI=1S/C19H27N5O17P2/c20-16-11-17(22-5-21-16)24(6-23-11)18-14(30)12(28)7(38-18)3-36-42(32,33)41-43(34,35)37-4-8-13(29)15(19(31)39-8)40-10(27)2-1-9(25)26/h5-8,12-15,18-19,28-31H,1-4H2,(H,25,26)(H,32,33)(H,34,35)(H2,20,21,22)/t7-,8-,12-,13-,14-,15-,18-,19?/m1/s1/i1D2,2D2. The summed E-state index contributed by atoms with van der Waals surface area (Å²) in [6.07, 6.45) is -20.1. The molecule has 4 heterocycles. The number of aromatic nitrogens is 4. The van der Waals surface area contributed by atoms with E-state index in [1.165, 1.54) is 10.9 Å². The topological polar surface area (TPSA) is 335 Å². The summed E-state index contributed by atoms with van der Waals surface area (Å²) < 4.78 is 83.3. The summed E-state index contributed by atoms with van der Waals surface area (Å²) in [5.74, 6) is -4.51. The number of phosphoric acid groups is 2. The van der Waals surface area contributed by atoms with Crippen LogP contribution in [-0.4, -0.2) is 123 Å². The summed E-state index contributed by atoms with van der Waals surface area (Å²) in [6, 6.07) is 0. The summed E-state index contributed by atoms with van der Waals surface area (Å²) in [6.45, 7) is -2.21. The van der Waals surface area contributed by atoms with E-state index in [4.69, 9.17) is 25.8 Å². The van der Waals surface area contributed by atoms with Crippen molar-refractivity contribution in [2.24, 2.45) is 0 Å². The average Bonchev–Trinajstić information content (AvgIpc) is 3.60. The summed E-state index contributed by atoms with van der Waals surface area (Å²) in [5, 5.41) is 49.9. The van der Waals surface area contributed by atoms with Crippen LogP contribution in [-0.2, 0) is 46.3 Å². The van der Waals surface area contributed by atoms with Crippen LogP contribution in [0.3, 0.4) is 0 Å². The molecule has 10 atom stereocenters. The van der Waals surface area contributed by atoms with Crippen molar-refractivity contribution < 1.29 is 87.1 Å². The van der Waals surface area contributed by atoms with Gasteiger partial charge in [-0.3, -0.25) is 23.2 Å². The van der Waals surface area contributed by atoms with Gasteiger partial charge in [0, 0.05) is 5.48 Å². The molecule has 240 valence electrons. The van der Waals surface area contributed by atoms with Gasteiger partial charge in [-0.1, -0.05) is 0 Å². The monoisotopic (exact) mass is 663 g/mol. The van der Waals surface area contributed by atoms with E-state index in [2.05, 4.69) is 33.0 Å². The first-order valence-corrected chi connectivity index (χ1v) is 14.7.